The van der Waals surface area contributed by atoms with Gasteiger partial charge in [0.2, 0.25) is 11.8 Å². The summed E-state index contributed by atoms with van der Waals surface area (Å²) in [6.07, 6.45) is 0.927. The Balaban J connectivity index is 7.34. The van der Waals surface area contributed by atoms with Crippen LogP contribution in [0.5, 0.6) is 0 Å². The summed E-state index contributed by atoms with van der Waals surface area (Å²) in [6.45, 7) is 10.9. The molecule has 2 amide bonds. The van der Waals surface area contributed by atoms with E-state index in [4.69, 9.17) is 28.7 Å². The lowest BCUT2D eigenvalue weighted by atomic mass is 9.77. The van der Waals surface area contributed by atoms with Crippen LogP contribution in [-0.4, -0.2) is 75.6 Å². The molecule has 0 aliphatic heterocycles. The lowest BCUT2D eigenvalue weighted by Crippen LogP contribution is -2.76. The number of aliphatic carboxylic acids is 1. The van der Waals surface area contributed by atoms with Gasteiger partial charge in [-0.2, -0.15) is 0 Å². The molecule has 0 aliphatic rings. The van der Waals surface area contributed by atoms with Crippen LogP contribution in [0.1, 0.15) is 80.1 Å². The quantitative estimate of drug-likeness (QED) is 0.0985. The van der Waals surface area contributed by atoms with Gasteiger partial charge in [-0.15, -0.1) is 0 Å². The summed E-state index contributed by atoms with van der Waals surface area (Å²) < 4.78 is 0. The first kappa shape index (κ1) is 35.8. The predicted molar refractivity (Wildman–Crippen MR) is 145 cm³/mol. The number of amides is 2. The average molecular weight is 543 g/mol. The van der Waals surface area contributed by atoms with Crippen molar-refractivity contribution in [1.29, 1.82) is 0 Å². The highest BCUT2D eigenvalue weighted by Crippen LogP contribution is 2.28. The largest absolute Gasteiger partial charge is 0.479 e. The molecule has 0 saturated heterocycles. The van der Waals surface area contributed by atoms with Gasteiger partial charge in [0, 0.05) is 0 Å². The monoisotopic (exact) mass is 542 g/mol. The number of carbonyl (C=O) groups is 5. The van der Waals surface area contributed by atoms with Crippen LogP contribution in [0, 0.1) is 17.8 Å². The van der Waals surface area contributed by atoms with Crippen LogP contribution in [0.4, 0.5) is 0 Å². The molecular formula is C26H50N6O6. The average Bonchev–Trinajstić information content (AvgIpc) is 2.79. The Morgan fingerprint density at radius 3 is 1.37 bits per heavy atom. The highest BCUT2D eigenvalue weighted by atomic mass is 16.4. The molecular weight excluding hydrogens is 492 g/mol. The summed E-state index contributed by atoms with van der Waals surface area (Å²) in [4.78, 5) is 68.6. The molecule has 0 bridgehead atoms. The first-order valence-corrected chi connectivity index (χ1v) is 13.4. The van der Waals surface area contributed by atoms with Gasteiger partial charge in [-0.25, -0.2) is 9.69 Å². The highest BCUT2D eigenvalue weighted by molar-refractivity contribution is 6.33. The maximum Gasteiger partial charge on any atom is 0.346 e. The van der Waals surface area contributed by atoms with Crippen molar-refractivity contribution < 1.29 is 29.1 Å². The van der Waals surface area contributed by atoms with E-state index < -0.39 is 59.1 Å². The molecule has 0 aliphatic carbocycles. The van der Waals surface area contributed by atoms with Crippen molar-refractivity contribution in [2.24, 2.45) is 46.4 Å². The van der Waals surface area contributed by atoms with Crippen molar-refractivity contribution in [3.63, 3.8) is 0 Å². The molecule has 0 aromatic rings. The van der Waals surface area contributed by atoms with E-state index in [1.807, 2.05) is 0 Å². The predicted octanol–water partition coefficient (Wildman–Crippen LogP) is -0.120. The normalized spacial score (nSPS) is 16.6. The van der Waals surface area contributed by atoms with Crippen LogP contribution < -0.4 is 28.7 Å². The van der Waals surface area contributed by atoms with Gasteiger partial charge in [-0.05, 0) is 56.4 Å². The van der Waals surface area contributed by atoms with Crippen molar-refractivity contribution in [2.45, 2.75) is 110 Å². The summed E-state index contributed by atoms with van der Waals surface area (Å²) in [5, 5.41) is 10.6. The van der Waals surface area contributed by atoms with Gasteiger partial charge in [0.25, 0.3) is 5.54 Å². The summed E-state index contributed by atoms with van der Waals surface area (Å²) in [5.41, 5.74) is 26.6. The zero-order chi connectivity index (χ0) is 30.0. The number of hydrogen-bond donors (Lipinski definition) is 6. The molecule has 0 heterocycles. The van der Waals surface area contributed by atoms with E-state index in [0.717, 1.165) is 0 Å². The van der Waals surface area contributed by atoms with Gasteiger partial charge in [0.05, 0.1) is 24.2 Å². The maximum atomic E-state index is 13.9. The van der Waals surface area contributed by atoms with Gasteiger partial charge in [-0.3, -0.25) is 19.2 Å². The van der Waals surface area contributed by atoms with E-state index in [1.165, 1.54) is 0 Å². The number of carboxylic acids is 1. The molecule has 5 unspecified atom stereocenters. The smallest absolute Gasteiger partial charge is 0.346 e. The fraction of sp³-hybridized carbons (Fsp3) is 0.808. The van der Waals surface area contributed by atoms with Gasteiger partial charge < -0.3 is 33.8 Å². The van der Waals surface area contributed by atoms with E-state index >= 15 is 0 Å². The number of nitrogens with two attached hydrogens (primary N) is 5. The number of unbranched alkanes of at least 4 members (excludes halogenated alkanes) is 1. The van der Waals surface area contributed by atoms with Crippen molar-refractivity contribution in [3.05, 3.63) is 0 Å². The first-order valence-electron chi connectivity index (χ1n) is 13.4. The molecule has 38 heavy (non-hydrogen) atoms. The van der Waals surface area contributed by atoms with Crippen LogP contribution in [-0.2, 0) is 24.0 Å². The Labute approximate surface area is 226 Å². The first-order chi connectivity index (χ1) is 17.5. The number of carbonyl (C=O) groups excluding carboxylic acids is 4. The van der Waals surface area contributed by atoms with E-state index in [-0.39, 0.29) is 48.3 Å². The topological polar surface area (TPSA) is 239 Å². The molecule has 5 atom stereocenters. The van der Waals surface area contributed by atoms with Crippen LogP contribution >= 0.6 is 0 Å². The minimum absolute atomic E-state index is 0.00410. The standard InChI is InChI=1S/C26H50N6O6/c1-14(2)11-18(29)22(34)26(25(37)38,21(33)17(28)9-7-8-10-27)32(23(35)19(30)12-15(3)4)24(36)20(31)13-16(5)6/h14-20H,7-13,27-31H2,1-6H3,(H,37,38). The molecule has 0 spiro atoms. The maximum absolute atomic E-state index is 13.9. The van der Waals surface area contributed by atoms with E-state index in [2.05, 4.69) is 0 Å². The molecule has 11 N–H and O–H groups in total. The molecule has 0 saturated carbocycles. The fourth-order valence-electron chi connectivity index (χ4n) is 4.43. The second-order valence-electron chi connectivity index (χ2n) is 11.4. The van der Waals surface area contributed by atoms with Crippen LogP contribution in [0.3, 0.4) is 0 Å². The van der Waals surface area contributed by atoms with Gasteiger partial charge >= 0.3 is 5.97 Å². The summed E-state index contributed by atoms with van der Waals surface area (Å²) >= 11 is 0. The number of hydrogen-bond acceptors (Lipinski definition) is 10. The van der Waals surface area contributed by atoms with E-state index in [9.17, 15) is 29.1 Å². The molecule has 12 heteroatoms. The summed E-state index contributed by atoms with van der Waals surface area (Å²) in [7, 11) is 0. The fourth-order valence-corrected chi connectivity index (χ4v) is 4.43. The van der Waals surface area contributed by atoms with Crippen molar-refractivity contribution >= 4 is 29.4 Å². The molecule has 12 nitrogen and oxygen atoms in total. The molecule has 0 aromatic heterocycles. The third kappa shape index (κ3) is 9.19. The molecule has 0 rings (SSSR count). The Morgan fingerprint density at radius 1 is 0.658 bits per heavy atom. The number of imide groups is 1. The Bertz CT molecular complexity index is 805. The third-order valence-corrected chi connectivity index (χ3v) is 6.25. The van der Waals surface area contributed by atoms with Gasteiger partial charge in [0.15, 0.2) is 11.6 Å². The summed E-state index contributed by atoms with van der Waals surface area (Å²) in [6, 6.07) is -5.77. The zero-order valence-corrected chi connectivity index (χ0v) is 23.8. The minimum atomic E-state index is -3.33. The summed E-state index contributed by atoms with van der Waals surface area (Å²) in [5.74, 6) is -7.47. The molecule has 0 aromatic carbocycles. The van der Waals surface area contributed by atoms with E-state index in [0.29, 0.717) is 19.4 Å². The van der Waals surface area contributed by atoms with Crippen LogP contribution in [0.15, 0.2) is 0 Å². The van der Waals surface area contributed by atoms with Gasteiger partial charge in [0.1, 0.15) is 0 Å². The number of carboxylic acid groups (broad SMARTS) is 1. The number of Topliss-reactive ketones (excluding diaryl/α,β-unsaturated/α-hetero) is 2. The second-order valence-corrected chi connectivity index (χ2v) is 11.4. The van der Waals surface area contributed by atoms with Crippen molar-refractivity contribution in [1.82, 2.24) is 4.90 Å². The Hall–Kier alpha value is -2.25. The third-order valence-electron chi connectivity index (χ3n) is 6.25. The number of nitrogens with zero attached hydrogens (tertiary/aromatic N) is 1. The van der Waals surface area contributed by atoms with Gasteiger partial charge in [-0.1, -0.05) is 48.0 Å². The number of ketones is 2. The van der Waals surface area contributed by atoms with Crippen LogP contribution in [0.25, 0.3) is 0 Å². The highest BCUT2D eigenvalue weighted by Gasteiger charge is 2.64. The molecule has 220 valence electrons. The Morgan fingerprint density at radius 2 is 1.03 bits per heavy atom. The van der Waals surface area contributed by atoms with Crippen molar-refractivity contribution in [2.75, 3.05) is 6.54 Å². The van der Waals surface area contributed by atoms with Crippen molar-refractivity contribution in [3.8, 4) is 0 Å². The molecule has 0 fully saturated rings. The lowest BCUT2D eigenvalue weighted by Gasteiger charge is -2.41. The van der Waals surface area contributed by atoms with Crippen LogP contribution in [0.2, 0.25) is 0 Å². The SMILES string of the molecule is CC(C)CC(N)C(=O)N(C(=O)C(N)CC(C)C)C(C(=O)O)(C(=O)C(N)CCCCN)C(=O)C(N)CC(C)C. The van der Waals surface area contributed by atoms with E-state index in [1.54, 1.807) is 41.5 Å². The molecule has 0 radical (unpaired) electrons. The zero-order valence-electron chi connectivity index (χ0n) is 23.8. The Kier molecular flexibility index (Phi) is 15.0. The number of rotatable bonds is 18. The second kappa shape index (κ2) is 16.0. The minimum Gasteiger partial charge on any atom is -0.479 e. The lowest BCUT2D eigenvalue weighted by molar-refractivity contribution is -0.176.